The van der Waals surface area contributed by atoms with Gasteiger partial charge in [-0.1, -0.05) is 17.7 Å². The van der Waals surface area contributed by atoms with Crippen LogP contribution in [0.3, 0.4) is 0 Å². The topological polar surface area (TPSA) is 49.6 Å². The van der Waals surface area contributed by atoms with Crippen molar-refractivity contribution in [3.05, 3.63) is 28.8 Å². The van der Waals surface area contributed by atoms with Gasteiger partial charge in [-0.2, -0.15) is 0 Å². The highest BCUT2D eigenvalue weighted by atomic mass is 35.5. The van der Waals surface area contributed by atoms with Crippen LogP contribution in [-0.2, 0) is 0 Å². The van der Waals surface area contributed by atoms with E-state index in [2.05, 4.69) is 18.7 Å². The lowest BCUT2D eigenvalue weighted by Crippen LogP contribution is -2.47. The van der Waals surface area contributed by atoms with Crippen LogP contribution in [0, 0.1) is 0 Å². The zero-order valence-electron chi connectivity index (χ0n) is 13.0. The molecule has 4 nitrogen and oxygen atoms in total. The Morgan fingerprint density at radius 3 is 2.52 bits per heavy atom. The van der Waals surface area contributed by atoms with Crippen LogP contribution in [0.5, 0.6) is 0 Å². The fourth-order valence-electron chi connectivity index (χ4n) is 2.90. The number of amides is 1. The molecule has 5 heteroatoms. The molecule has 0 saturated carbocycles. The average molecular weight is 310 g/mol. The van der Waals surface area contributed by atoms with Gasteiger partial charge in [0, 0.05) is 37.9 Å². The maximum absolute atomic E-state index is 12.6. The number of anilines is 1. The van der Waals surface area contributed by atoms with Gasteiger partial charge in [0.05, 0.1) is 10.6 Å². The monoisotopic (exact) mass is 309 g/mol. The van der Waals surface area contributed by atoms with Gasteiger partial charge >= 0.3 is 0 Å². The predicted octanol–water partition coefficient (Wildman–Crippen LogP) is 2.87. The fourth-order valence-corrected chi connectivity index (χ4v) is 3.16. The highest BCUT2D eigenvalue weighted by Gasteiger charge is 2.28. The Kier molecular flexibility index (Phi) is 5.12. The van der Waals surface area contributed by atoms with Crippen LogP contribution in [0.25, 0.3) is 0 Å². The second kappa shape index (κ2) is 6.67. The summed E-state index contributed by atoms with van der Waals surface area (Å²) < 4.78 is 0. The quantitative estimate of drug-likeness (QED) is 0.874. The summed E-state index contributed by atoms with van der Waals surface area (Å²) in [6.45, 7) is 6.47. The Balaban J connectivity index is 2.07. The molecule has 1 aromatic rings. The highest BCUT2D eigenvalue weighted by Crippen LogP contribution is 2.26. The first-order valence-electron chi connectivity index (χ1n) is 7.47. The van der Waals surface area contributed by atoms with E-state index in [9.17, 15) is 4.79 Å². The molecule has 2 N–H and O–H groups in total. The molecule has 0 spiro atoms. The Bertz CT molecular complexity index is 490. The number of hydrogen-bond donors (Lipinski definition) is 1. The zero-order valence-corrected chi connectivity index (χ0v) is 13.7. The van der Waals surface area contributed by atoms with E-state index >= 15 is 0 Å². The van der Waals surface area contributed by atoms with Crippen LogP contribution in [-0.4, -0.2) is 47.9 Å². The third kappa shape index (κ3) is 3.50. The molecule has 1 aliphatic heterocycles. The molecule has 116 valence electrons. The molecule has 0 bridgehead atoms. The molecule has 0 aliphatic carbocycles. The van der Waals surface area contributed by atoms with Gasteiger partial charge in [-0.05, 0) is 38.8 Å². The molecule has 1 fully saturated rings. The first-order valence-corrected chi connectivity index (χ1v) is 7.84. The van der Waals surface area contributed by atoms with Crippen LogP contribution in [0.1, 0.15) is 37.0 Å². The van der Waals surface area contributed by atoms with Crippen molar-refractivity contribution in [2.24, 2.45) is 0 Å². The first kappa shape index (κ1) is 16.1. The maximum Gasteiger partial charge on any atom is 0.257 e. The maximum atomic E-state index is 12.6. The van der Waals surface area contributed by atoms with Gasteiger partial charge in [0.15, 0.2) is 0 Å². The van der Waals surface area contributed by atoms with E-state index in [1.165, 1.54) is 0 Å². The molecule has 1 saturated heterocycles. The van der Waals surface area contributed by atoms with Gasteiger partial charge in [-0.15, -0.1) is 0 Å². The molecule has 1 aliphatic rings. The Labute approximate surface area is 131 Å². The molecule has 1 aromatic carbocycles. The number of benzene rings is 1. The lowest BCUT2D eigenvalue weighted by Gasteiger charge is -2.38. The second-order valence-electron chi connectivity index (χ2n) is 5.98. The number of rotatable bonds is 3. The summed E-state index contributed by atoms with van der Waals surface area (Å²) in [5, 5.41) is 0.423. The summed E-state index contributed by atoms with van der Waals surface area (Å²) in [4.78, 5) is 16.9. The van der Waals surface area contributed by atoms with E-state index in [1.807, 2.05) is 7.05 Å². The molecule has 2 rings (SSSR count). The largest absolute Gasteiger partial charge is 0.398 e. The van der Waals surface area contributed by atoms with E-state index in [0.29, 0.717) is 22.3 Å². The van der Waals surface area contributed by atoms with Crippen LogP contribution < -0.4 is 5.73 Å². The molecule has 21 heavy (non-hydrogen) atoms. The fraction of sp³-hybridized carbons (Fsp3) is 0.562. The standard InChI is InChI=1S/C16H24ClN3O/c1-11(2)20-9-7-12(8-10-20)19(3)16(21)15-13(17)5-4-6-14(15)18/h4-6,11-12H,7-10,18H2,1-3H3. The molecule has 1 amide bonds. The van der Waals surface area contributed by atoms with Crippen molar-refractivity contribution in [1.82, 2.24) is 9.80 Å². The number of halogens is 1. The Morgan fingerprint density at radius 2 is 2.00 bits per heavy atom. The Hall–Kier alpha value is -1.26. The SMILES string of the molecule is CC(C)N1CCC(N(C)C(=O)c2c(N)cccc2Cl)CC1. The highest BCUT2D eigenvalue weighted by molar-refractivity contribution is 6.34. The zero-order chi connectivity index (χ0) is 15.6. The molecular weight excluding hydrogens is 286 g/mol. The van der Waals surface area contributed by atoms with Crippen molar-refractivity contribution in [2.75, 3.05) is 25.9 Å². The van der Waals surface area contributed by atoms with Gasteiger partial charge in [0.2, 0.25) is 0 Å². The van der Waals surface area contributed by atoms with Crippen LogP contribution in [0.2, 0.25) is 5.02 Å². The molecule has 0 atom stereocenters. The Morgan fingerprint density at radius 1 is 1.38 bits per heavy atom. The minimum Gasteiger partial charge on any atom is -0.398 e. The van der Waals surface area contributed by atoms with E-state index < -0.39 is 0 Å². The summed E-state index contributed by atoms with van der Waals surface area (Å²) in [5.41, 5.74) is 6.78. The van der Waals surface area contributed by atoms with Gasteiger partial charge < -0.3 is 15.5 Å². The number of piperidine rings is 1. The summed E-state index contributed by atoms with van der Waals surface area (Å²) in [6.07, 6.45) is 1.98. The van der Waals surface area contributed by atoms with Crippen molar-refractivity contribution in [1.29, 1.82) is 0 Å². The molecule has 1 heterocycles. The van der Waals surface area contributed by atoms with Gasteiger partial charge in [-0.25, -0.2) is 0 Å². The number of nitrogen functional groups attached to an aromatic ring is 1. The normalized spacial score (nSPS) is 17.2. The minimum absolute atomic E-state index is 0.0823. The summed E-state index contributed by atoms with van der Waals surface area (Å²) >= 11 is 6.14. The summed E-state index contributed by atoms with van der Waals surface area (Å²) in [6, 6.07) is 6.00. The number of likely N-dealkylation sites (tertiary alicyclic amines) is 1. The third-order valence-electron chi connectivity index (χ3n) is 4.36. The summed E-state index contributed by atoms with van der Waals surface area (Å²) in [5.74, 6) is -0.0823. The lowest BCUT2D eigenvalue weighted by atomic mass is 10.0. The van der Waals surface area contributed by atoms with E-state index in [-0.39, 0.29) is 11.9 Å². The molecule has 0 aromatic heterocycles. The number of carbonyl (C=O) groups excluding carboxylic acids is 1. The first-order chi connectivity index (χ1) is 9.91. The lowest BCUT2D eigenvalue weighted by molar-refractivity contribution is 0.0616. The average Bonchev–Trinajstić information content (AvgIpc) is 2.46. The predicted molar refractivity (Wildman–Crippen MR) is 87.7 cm³/mol. The van der Waals surface area contributed by atoms with E-state index in [4.69, 9.17) is 17.3 Å². The van der Waals surface area contributed by atoms with Gasteiger partial charge in [0.1, 0.15) is 0 Å². The second-order valence-corrected chi connectivity index (χ2v) is 6.39. The van der Waals surface area contributed by atoms with Gasteiger partial charge in [0.25, 0.3) is 5.91 Å². The van der Waals surface area contributed by atoms with Crippen molar-refractivity contribution in [2.45, 2.75) is 38.8 Å². The molecule has 0 radical (unpaired) electrons. The minimum atomic E-state index is -0.0823. The number of nitrogens with two attached hydrogens (primary N) is 1. The van der Waals surface area contributed by atoms with E-state index in [1.54, 1.807) is 23.1 Å². The van der Waals surface area contributed by atoms with Crippen LogP contribution in [0.15, 0.2) is 18.2 Å². The number of carbonyl (C=O) groups is 1. The van der Waals surface area contributed by atoms with Crippen LogP contribution in [0.4, 0.5) is 5.69 Å². The number of nitrogens with zero attached hydrogens (tertiary/aromatic N) is 2. The number of hydrogen-bond acceptors (Lipinski definition) is 3. The molecular formula is C16H24ClN3O. The van der Waals surface area contributed by atoms with Crippen molar-refractivity contribution in [3.8, 4) is 0 Å². The summed E-state index contributed by atoms with van der Waals surface area (Å²) in [7, 11) is 1.85. The third-order valence-corrected chi connectivity index (χ3v) is 4.67. The van der Waals surface area contributed by atoms with Crippen molar-refractivity contribution >= 4 is 23.2 Å². The smallest absolute Gasteiger partial charge is 0.257 e. The molecule has 0 unspecified atom stereocenters. The van der Waals surface area contributed by atoms with Crippen molar-refractivity contribution in [3.63, 3.8) is 0 Å². The van der Waals surface area contributed by atoms with E-state index in [0.717, 1.165) is 25.9 Å². The van der Waals surface area contributed by atoms with Crippen LogP contribution >= 0.6 is 11.6 Å². The van der Waals surface area contributed by atoms with Gasteiger partial charge in [-0.3, -0.25) is 4.79 Å². The van der Waals surface area contributed by atoms with Crippen molar-refractivity contribution < 1.29 is 4.79 Å².